The van der Waals surface area contributed by atoms with Gasteiger partial charge in [-0.25, -0.2) is 0 Å². The van der Waals surface area contributed by atoms with Crippen LogP contribution in [0.15, 0.2) is 34.8 Å². The summed E-state index contributed by atoms with van der Waals surface area (Å²) < 4.78 is 5.44. The number of ether oxygens (including phenoxy) is 1. The number of rotatable bonds is 3. The standard InChI is InChI=1S/C23H26N2O6/c1-23-8-10-7-13(26)17(22(24)30)19(27)15(10)20(28)18(23)21(29)16-11(9-23)12(25(2)3)5-6-14(16)31-4/h5-6,10,15,26,28H,7-9H2,1-4H3,(H2,24,30)/t10?,15?,23-/m1/s1. The normalized spacial score (nSPS) is 27.5. The van der Waals surface area contributed by atoms with Crippen LogP contribution in [0.4, 0.5) is 5.69 Å². The third kappa shape index (κ3) is 2.85. The smallest absolute Gasteiger partial charge is 0.255 e. The molecule has 8 nitrogen and oxygen atoms in total. The van der Waals surface area contributed by atoms with Gasteiger partial charge in [-0.15, -0.1) is 0 Å². The average molecular weight is 426 g/mol. The second-order valence-electron chi connectivity index (χ2n) is 9.06. The third-order valence-electron chi connectivity index (χ3n) is 6.83. The van der Waals surface area contributed by atoms with Crippen LogP contribution in [-0.2, 0) is 16.0 Å². The topological polar surface area (TPSA) is 130 Å². The van der Waals surface area contributed by atoms with Crippen LogP contribution < -0.4 is 15.4 Å². The van der Waals surface area contributed by atoms with Crippen molar-refractivity contribution in [3.63, 3.8) is 0 Å². The van der Waals surface area contributed by atoms with E-state index in [4.69, 9.17) is 10.5 Å². The first-order chi connectivity index (χ1) is 14.5. The Labute approximate surface area is 180 Å². The molecular weight excluding hydrogens is 400 g/mol. The molecule has 164 valence electrons. The Kier molecular flexibility index (Phi) is 4.64. The van der Waals surface area contributed by atoms with Crippen molar-refractivity contribution >= 4 is 23.2 Å². The molecule has 0 saturated carbocycles. The molecular formula is C23H26N2O6. The summed E-state index contributed by atoms with van der Waals surface area (Å²) in [5.74, 6) is -3.94. The van der Waals surface area contributed by atoms with E-state index in [0.717, 1.165) is 11.3 Å². The van der Waals surface area contributed by atoms with Crippen molar-refractivity contribution in [1.82, 2.24) is 0 Å². The van der Waals surface area contributed by atoms with Crippen LogP contribution in [-0.4, -0.2) is 48.9 Å². The average Bonchev–Trinajstić information content (AvgIpc) is 2.65. The van der Waals surface area contributed by atoms with Gasteiger partial charge in [0.2, 0.25) is 0 Å². The van der Waals surface area contributed by atoms with Gasteiger partial charge in [0.05, 0.1) is 18.6 Å². The molecule has 1 aromatic rings. The molecule has 3 aliphatic carbocycles. The second kappa shape index (κ2) is 6.87. The van der Waals surface area contributed by atoms with Crippen LogP contribution in [0.1, 0.15) is 35.7 Å². The van der Waals surface area contributed by atoms with Gasteiger partial charge in [-0.2, -0.15) is 0 Å². The minimum absolute atomic E-state index is 0.0430. The summed E-state index contributed by atoms with van der Waals surface area (Å²) in [6.45, 7) is 1.89. The molecule has 1 amide bonds. The number of primary amides is 1. The van der Waals surface area contributed by atoms with Crippen molar-refractivity contribution in [3.05, 3.63) is 45.9 Å². The number of aliphatic hydroxyl groups excluding tert-OH is 2. The fourth-order valence-electron chi connectivity index (χ4n) is 5.63. The maximum absolute atomic E-state index is 13.7. The number of fused-ring (bicyclic) bond motifs is 3. The van der Waals surface area contributed by atoms with E-state index in [1.165, 1.54) is 7.11 Å². The highest BCUT2D eigenvalue weighted by atomic mass is 16.5. The number of methoxy groups -OCH3 is 1. The van der Waals surface area contributed by atoms with Gasteiger partial charge < -0.3 is 25.6 Å². The highest BCUT2D eigenvalue weighted by Gasteiger charge is 2.55. The summed E-state index contributed by atoms with van der Waals surface area (Å²) in [6.07, 6.45) is 0.901. The third-order valence-corrected chi connectivity index (χ3v) is 6.83. The van der Waals surface area contributed by atoms with E-state index in [0.29, 0.717) is 24.2 Å². The van der Waals surface area contributed by atoms with Crippen molar-refractivity contribution in [2.75, 3.05) is 26.1 Å². The van der Waals surface area contributed by atoms with Gasteiger partial charge in [-0.3, -0.25) is 14.4 Å². The van der Waals surface area contributed by atoms with Crippen LogP contribution in [0.5, 0.6) is 5.75 Å². The molecule has 0 fully saturated rings. The van der Waals surface area contributed by atoms with E-state index >= 15 is 0 Å². The summed E-state index contributed by atoms with van der Waals surface area (Å²) in [5.41, 5.74) is 6.31. The quantitative estimate of drug-likeness (QED) is 0.632. The summed E-state index contributed by atoms with van der Waals surface area (Å²) in [5, 5.41) is 21.5. The molecule has 3 aliphatic rings. The number of amides is 1. The molecule has 4 rings (SSSR count). The molecule has 31 heavy (non-hydrogen) atoms. The van der Waals surface area contributed by atoms with Gasteiger partial charge in [0.1, 0.15) is 22.8 Å². The first-order valence-electron chi connectivity index (χ1n) is 10.1. The van der Waals surface area contributed by atoms with Crippen LogP contribution >= 0.6 is 0 Å². The minimum atomic E-state index is -1.07. The lowest BCUT2D eigenvalue weighted by Crippen LogP contribution is -2.47. The first-order valence-corrected chi connectivity index (χ1v) is 10.1. The van der Waals surface area contributed by atoms with Gasteiger partial charge in [-0.05, 0) is 36.5 Å². The number of nitrogens with two attached hydrogens (primary N) is 1. The van der Waals surface area contributed by atoms with E-state index in [2.05, 4.69) is 0 Å². The molecule has 1 aromatic carbocycles. The number of hydrogen-bond donors (Lipinski definition) is 3. The van der Waals surface area contributed by atoms with Gasteiger partial charge in [-0.1, -0.05) is 6.92 Å². The molecule has 0 aromatic heterocycles. The van der Waals surface area contributed by atoms with Crippen molar-refractivity contribution in [2.24, 2.45) is 23.0 Å². The summed E-state index contributed by atoms with van der Waals surface area (Å²) in [7, 11) is 5.26. The van der Waals surface area contributed by atoms with Crippen molar-refractivity contribution < 1.29 is 29.3 Å². The number of carbonyl (C=O) groups is 3. The zero-order valence-corrected chi connectivity index (χ0v) is 18.0. The fraction of sp³-hybridized carbons (Fsp3) is 0.435. The Morgan fingerprint density at radius 1 is 1.26 bits per heavy atom. The molecule has 4 N–H and O–H groups in total. The number of carbonyl (C=O) groups excluding carboxylic acids is 3. The maximum Gasteiger partial charge on any atom is 0.255 e. The predicted octanol–water partition coefficient (Wildman–Crippen LogP) is 2.22. The Morgan fingerprint density at radius 2 is 1.94 bits per heavy atom. The molecule has 0 saturated heterocycles. The van der Waals surface area contributed by atoms with Crippen molar-refractivity contribution in [1.29, 1.82) is 0 Å². The number of ketones is 2. The van der Waals surface area contributed by atoms with E-state index in [1.54, 1.807) is 6.07 Å². The SMILES string of the molecule is COc1ccc(N(C)C)c2c1C(=O)C1=C(O)C3C(=O)C(C(N)=O)=C(O)CC3C[C@]1(C)C2. The molecule has 0 bridgehead atoms. The Bertz CT molecular complexity index is 1100. The van der Waals surface area contributed by atoms with Crippen LogP contribution in [0, 0.1) is 17.3 Å². The number of hydrogen-bond acceptors (Lipinski definition) is 7. The highest BCUT2D eigenvalue weighted by molar-refractivity contribution is 6.22. The van der Waals surface area contributed by atoms with Crippen molar-refractivity contribution in [2.45, 2.75) is 26.2 Å². The number of allylic oxidation sites excluding steroid dienone is 3. The Balaban J connectivity index is 1.93. The molecule has 0 aliphatic heterocycles. The van der Waals surface area contributed by atoms with Crippen LogP contribution in [0.2, 0.25) is 0 Å². The van der Waals surface area contributed by atoms with Gasteiger partial charge in [0.15, 0.2) is 11.6 Å². The number of benzene rings is 1. The molecule has 8 heteroatoms. The number of nitrogens with zero attached hydrogens (tertiary/aromatic N) is 1. The zero-order valence-electron chi connectivity index (χ0n) is 18.0. The second-order valence-corrected chi connectivity index (χ2v) is 9.06. The highest BCUT2D eigenvalue weighted by Crippen LogP contribution is 2.56. The number of Topliss-reactive ketones (excluding diaryl/α,β-unsaturated/α-hetero) is 2. The van der Waals surface area contributed by atoms with Gasteiger partial charge >= 0.3 is 0 Å². The van der Waals surface area contributed by atoms with E-state index < -0.39 is 34.5 Å². The Morgan fingerprint density at radius 3 is 2.52 bits per heavy atom. The minimum Gasteiger partial charge on any atom is -0.511 e. The van der Waals surface area contributed by atoms with E-state index in [-0.39, 0.29) is 29.3 Å². The fourth-order valence-corrected chi connectivity index (χ4v) is 5.63. The molecule has 0 spiro atoms. The summed E-state index contributed by atoms with van der Waals surface area (Å²) in [4.78, 5) is 40.3. The lowest BCUT2D eigenvalue weighted by Gasteiger charge is -2.47. The number of aliphatic hydroxyl groups is 2. The van der Waals surface area contributed by atoms with Gasteiger partial charge in [0, 0.05) is 37.2 Å². The molecule has 0 radical (unpaired) electrons. The zero-order chi connectivity index (χ0) is 22.8. The van der Waals surface area contributed by atoms with Crippen LogP contribution in [0.25, 0.3) is 0 Å². The van der Waals surface area contributed by atoms with Gasteiger partial charge in [0.25, 0.3) is 5.91 Å². The molecule has 0 heterocycles. The Hall–Kier alpha value is -3.29. The maximum atomic E-state index is 13.7. The van der Waals surface area contributed by atoms with Crippen LogP contribution in [0.3, 0.4) is 0 Å². The van der Waals surface area contributed by atoms with Crippen molar-refractivity contribution in [3.8, 4) is 5.75 Å². The van der Waals surface area contributed by atoms with E-state index in [9.17, 15) is 24.6 Å². The van der Waals surface area contributed by atoms with E-state index in [1.807, 2.05) is 32.0 Å². The lowest BCUT2D eigenvalue weighted by atomic mass is 9.56. The summed E-state index contributed by atoms with van der Waals surface area (Å²) in [6, 6.07) is 3.61. The molecule has 2 unspecified atom stereocenters. The molecule has 3 atom stereocenters. The lowest BCUT2D eigenvalue weighted by molar-refractivity contribution is -0.126. The summed E-state index contributed by atoms with van der Waals surface area (Å²) >= 11 is 0. The number of anilines is 1. The first kappa shape index (κ1) is 21.0. The predicted molar refractivity (Wildman–Crippen MR) is 113 cm³/mol. The monoisotopic (exact) mass is 426 g/mol. The largest absolute Gasteiger partial charge is 0.511 e.